The fourth-order valence-corrected chi connectivity index (χ4v) is 3.10. The molecule has 0 atom stereocenters. The van der Waals surface area contributed by atoms with Crippen LogP contribution in [0.4, 0.5) is 11.4 Å². The highest BCUT2D eigenvalue weighted by atomic mass is 35.5. The number of aryl methyl sites for hydroxylation is 2. The number of imidazole rings is 1. The number of fused-ring (bicyclic) bond motifs is 1. The summed E-state index contributed by atoms with van der Waals surface area (Å²) in [6, 6.07) is 9.02. The second-order valence-electron chi connectivity index (χ2n) is 5.96. The van der Waals surface area contributed by atoms with E-state index in [-0.39, 0.29) is 22.8 Å². The summed E-state index contributed by atoms with van der Waals surface area (Å²) in [5.74, 6) is -0.899. The highest BCUT2D eigenvalue weighted by molar-refractivity contribution is 6.31. The van der Waals surface area contributed by atoms with Gasteiger partial charge in [0, 0.05) is 31.9 Å². The molecule has 0 spiro atoms. The van der Waals surface area contributed by atoms with Gasteiger partial charge < -0.3 is 10.4 Å². The Labute approximate surface area is 159 Å². The standard InChI is InChI=1S/C18H16ClN5O3/c1-23-14-5-4-11(22-13-6-7-21-17(19)12(13)10-20)9-15(14)24(18(23)27)8-2-3-16(25)26/h4-7,9H,2-3,8H2,1H3,(H,21,22)(H,25,26). The lowest BCUT2D eigenvalue weighted by Gasteiger charge is -2.10. The van der Waals surface area contributed by atoms with Crippen molar-refractivity contribution >= 4 is 40.0 Å². The molecule has 1 aromatic carbocycles. The third-order valence-electron chi connectivity index (χ3n) is 4.21. The van der Waals surface area contributed by atoms with E-state index in [1.54, 1.807) is 35.9 Å². The molecule has 2 N–H and O–H groups in total. The first kappa shape index (κ1) is 18.5. The smallest absolute Gasteiger partial charge is 0.328 e. The topological polar surface area (TPSA) is 113 Å². The van der Waals surface area contributed by atoms with Crippen LogP contribution < -0.4 is 11.0 Å². The van der Waals surface area contributed by atoms with E-state index < -0.39 is 5.97 Å². The Hall–Kier alpha value is -3.31. The van der Waals surface area contributed by atoms with Crippen LogP contribution in [0.2, 0.25) is 5.15 Å². The number of hydrogen-bond donors (Lipinski definition) is 2. The van der Waals surface area contributed by atoms with Gasteiger partial charge in [-0.2, -0.15) is 5.26 Å². The maximum atomic E-state index is 12.5. The summed E-state index contributed by atoms with van der Waals surface area (Å²) < 4.78 is 3.07. The zero-order chi connectivity index (χ0) is 19.6. The minimum absolute atomic E-state index is 0.0121. The highest BCUT2D eigenvalue weighted by Gasteiger charge is 2.13. The third kappa shape index (κ3) is 3.64. The zero-order valence-corrected chi connectivity index (χ0v) is 15.2. The molecule has 0 saturated carbocycles. The van der Waals surface area contributed by atoms with E-state index in [9.17, 15) is 14.9 Å². The molecule has 0 unspecified atom stereocenters. The predicted octanol–water partition coefficient (Wildman–Crippen LogP) is 2.87. The van der Waals surface area contributed by atoms with Gasteiger partial charge in [-0.1, -0.05) is 11.6 Å². The lowest BCUT2D eigenvalue weighted by atomic mass is 10.2. The van der Waals surface area contributed by atoms with Gasteiger partial charge in [-0.05, 0) is 30.7 Å². The second kappa shape index (κ2) is 7.51. The second-order valence-corrected chi connectivity index (χ2v) is 6.31. The van der Waals surface area contributed by atoms with E-state index in [2.05, 4.69) is 10.3 Å². The Morgan fingerprint density at radius 2 is 2.15 bits per heavy atom. The molecule has 8 nitrogen and oxygen atoms in total. The molecule has 2 heterocycles. The van der Waals surface area contributed by atoms with Gasteiger partial charge in [0.05, 0.1) is 16.7 Å². The van der Waals surface area contributed by atoms with Crippen molar-refractivity contribution in [2.45, 2.75) is 19.4 Å². The third-order valence-corrected chi connectivity index (χ3v) is 4.50. The number of anilines is 2. The average molecular weight is 386 g/mol. The van der Waals surface area contributed by atoms with Crippen LogP contribution in [0.1, 0.15) is 18.4 Å². The highest BCUT2D eigenvalue weighted by Crippen LogP contribution is 2.26. The van der Waals surface area contributed by atoms with Crippen LogP contribution in [-0.4, -0.2) is 25.2 Å². The fourth-order valence-electron chi connectivity index (χ4n) is 2.89. The number of aliphatic carboxylic acids is 1. The van der Waals surface area contributed by atoms with Gasteiger partial charge in [-0.15, -0.1) is 0 Å². The number of nitrogens with zero attached hydrogens (tertiary/aromatic N) is 4. The quantitative estimate of drug-likeness (QED) is 0.631. The minimum Gasteiger partial charge on any atom is -0.481 e. The molecule has 0 aliphatic carbocycles. The Morgan fingerprint density at radius 3 is 2.85 bits per heavy atom. The summed E-state index contributed by atoms with van der Waals surface area (Å²) in [5, 5.41) is 21.3. The van der Waals surface area contributed by atoms with Crippen molar-refractivity contribution in [2.75, 3.05) is 5.32 Å². The fraction of sp³-hybridized carbons (Fsp3) is 0.222. The summed E-state index contributed by atoms with van der Waals surface area (Å²) in [7, 11) is 1.67. The number of nitrogens with one attached hydrogen (secondary N) is 1. The van der Waals surface area contributed by atoms with Gasteiger partial charge in [-0.3, -0.25) is 13.9 Å². The summed E-state index contributed by atoms with van der Waals surface area (Å²) in [6.45, 7) is 0.302. The first-order valence-corrected chi connectivity index (χ1v) is 8.53. The first-order valence-electron chi connectivity index (χ1n) is 8.15. The maximum Gasteiger partial charge on any atom is 0.328 e. The monoisotopic (exact) mass is 385 g/mol. The molecule has 2 aromatic heterocycles. The Kier molecular flexibility index (Phi) is 5.14. The molecule has 3 aromatic rings. The van der Waals surface area contributed by atoms with Crippen LogP contribution >= 0.6 is 11.6 Å². The van der Waals surface area contributed by atoms with Crippen LogP contribution in [0.15, 0.2) is 35.3 Å². The predicted molar refractivity (Wildman–Crippen MR) is 101 cm³/mol. The zero-order valence-electron chi connectivity index (χ0n) is 14.4. The van der Waals surface area contributed by atoms with Crippen LogP contribution in [-0.2, 0) is 18.4 Å². The lowest BCUT2D eigenvalue weighted by Crippen LogP contribution is -2.22. The minimum atomic E-state index is -0.899. The average Bonchev–Trinajstić information content (AvgIpc) is 2.86. The molecule has 0 bridgehead atoms. The number of carboxylic acids is 1. The normalized spacial score (nSPS) is 10.7. The number of hydrogen-bond acceptors (Lipinski definition) is 5. The van der Waals surface area contributed by atoms with Gasteiger partial charge in [0.2, 0.25) is 0 Å². The summed E-state index contributed by atoms with van der Waals surface area (Å²) >= 11 is 5.95. The largest absolute Gasteiger partial charge is 0.481 e. The molecule has 3 rings (SSSR count). The lowest BCUT2D eigenvalue weighted by molar-refractivity contribution is -0.137. The molecule has 0 fully saturated rings. The van der Waals surface area contributed by atoms with Crippen molar-refractivity contribution in [3.63, 3.8) is 0 Å². The molecular formula is C18H16ClN5O3. The summed E-state index contributed by atoms with van der Waals surface area (Å²) in [6.07, 6.45) is 1.83. The van der Waals surface area contributed by atoms with Crippen molar-refractivity contribution < 1.29 is 9.90 Å². The number of benzene rings is 1. The molecule has 9 heteroatoms. The van der Waals surface area contributed by atoms with Crippen molar-refractivity contribution in [3.05, 3.63) is 51.7 Å². The van der Waals surface area contributed by atoms with Crippen LogP contribution in [0, 0.1) is 11.3 Å². The van der Waals surface area contributed by atoms with Crippen LogP contribution in [0.25, 0.3) is 11.0 Å². The maximum absolute atomic E-state index is 12.5. The molecule has 0 aliphatic rings. The Bertz CT molecular complexity index is 1130. The van der Waals surface area contributed by atoms with Crippen molar-refractivity contribution in [1.82, 2.24) is 14.1 Å². The van der Waals surface area contributed by atoms with Gasteiger partial charge in [0.15, 0.2) is 0 Å². The number of nitriles is 1. The molecule has 0 amide bonds. The van der Waals surface area contributed by atoms with Crippen molar-refractivity contribution in [1.29, 1.82) is 5.26 Å². The van der Waals surface area contributed by atoms with E-state index in [1.807, 2.05) is 6.07 Å². The number of carboxylic acid groups (broad SMARTS) is 1. The SMILES string of the molecule is Cn1c(=O)n(CCCC(=O)O)c2cc(Nc3ccnc(Cl)c3C#N)ccc21. The van der Waals surface area contributed by atoms with Crippen molar-refractivity contribution in [3.8, 4) is 6.07 Å². The van der Waals surface area contributed by atoms with Gasteiger partial charge in [0.1, 0.15) is 16.8 Å². The van der Waals surface area contributed by atoms with E-state index in [0.29, 0.717) is 29.9 Å². The number of pyridine rings is 1. The van der Waals surface area contributed by atoms with Crippen LogP contribution in [0.5, 0.6) is 0 Å². The molecular weight excluding hydrogens is 370 g/mol. The van der Waals surface area contributed by atoms with Crippen molar-refractivity contribution in [2.24, 2.45) is 7.05 Å². The van der Waals surface area contributed by atoms with Gasteiger partial charge >= 0.3 is 11.7 Å². The van der Waals surface area contributed by atoms with Gasteiger partial charge in [-0.25, -0.2) is 9.78 Å². The van der Waals surface area contributed by atoms with E-state index >= 15 is 0 Å². The molecule has 0 saturated heterocycles. The molecule has 138 valence electrons. The molecule has 27 heavy (non-hydrogen) atoms. The number of carbonyl (C=O) groups is 1. The van der Waals surface area contributed by atoms with Gasteiger partial charge in [0.25, 0.3) is 0 Å². The van der Waals surface area contributed by atoms with E-state index in [0.717, 1.165) is 5.52 Å². The van der Waals surface area contributed by atoms with E-state index in [4.69, 9.17) is 16.7 Å². The Morgan fingerprint density at radius 1 is 1.37 bits per heavy atom. The summed E-state index contributed by atoms with van der Waals surface area (Å²) in [4.78, 5) is 27.1. The Balaban J connectivity index is 2.00. The molecule has 0 radical (unpaired) electrons. The van der Waals surface area contributed by atoms with Crippen LogP contribution in [0.3, 0.4) is 0 Å². The first-order chi connectivity index (χ1) is 12.9. The number of aromatic nitrogens is 3. The summed E-state index contributed by atoms with van der Waals surface area (Å²) in [5.41, 5.74) is 2.60. The molecule has 0 aliphatic heterocycles. The van der Waals surface area contributed by atoms with E-state index in [1.165, 1.54) is 10.8 Å². The number of halogens is 1. The number of rotatable bonds is 6.